The van der Waals surface area contributed by atoms with Crippen LogP contribution in [0.15, 0.2) is 12.1 Å². The molecule has 6 nitrogen and oxygen atoms in total. The van der Waals surface area contributed by atoms with Gasteiger partial charge in [-0.15, -0.1) is 0 Å². The van der Waals surface area contributed by atoms with Crippen LogP contribution in [-0.4, -0.2) is 55.6 Å². The van der Waals surface area contributed by atoms with E-state index < -0.39 is 0 Å². The van der Waals surface area contributed by atoms with Crippen molar-refractivity contribution >= 4 is 17.5 Å². The number of ether oxygens (including phenoxy) is 1. The fourth-order valence-corrected chi connectivity index (χ4v) is 4.52. The molecule has 6 heteroatoms. The summed E-state index contributed by atoms with van der Waals surface area (Å²) in [6.45, 7) is 9.36. The Bertz CT molecular complexity index is 703. The van der Waals surface area contributed by atoms with Gasteiger partial charge >= 0.3 is 0 Å². The van der Waals surface area contributed by atoms with Crippen molar-refractivity contribution in [1.29, 1.82) is 0 Å². The maximum atomic E-state index is 13.0. The summed E-state index contributed by atoms with van der Waals surface area (Å²) in [5.74, 6) is -0.0885. The maximum absolute atomic E-state index is 13.0. The summed E-state index contributed by atoms with van der Waals surface area (Å²) in [6, 6.07) is 4.19. The maximum Gasteiger partial charge on any atom is 0.228 e. The second kappa shape index (κ2) is 9.05. The van der Waals surface area contributed by atoms with Crippen LogP contribution < -0.4 is 10.6 Å². The van der Waals surface area contributed by atoms with Crippen molar-refractivity contribution in [1.82, 2.24) is 4.90 Å². The third-order valence-electron chi connectivity index (χ3n) is 5.84. The van der Waals surface area contributed by atoms with Crippen molar-refractivity contribution in [2.75, 3.05) is 37.7 Å². The normalized spacial score (nSPS) is 20.9. The molecule has 0 radical (unpaired) electrons. The lowest BCUT2D eigenvalue weighted by molar-refractivity contribution is -0.138. The van der Waals surface area contributed by atoms with E-state index in [2.05, 4.69) is 19.1 Å². The van der Waals surface area contributed by atoms with Gasteiger partial charge in [0.2, 0.25) is 11.8 Å². The highest BCUT2D eigenvalue weighted by Crippen LogP contribution is 2.32. The third-order valence-corrected chi connectivity index (χ3v) is 5.84. The van der Waals surface area contributed by atoms with Crippen molar-refractivity contribution in [3.8, 4) is 0 Å². The number of nitrogens with zero attached hydrogens (tertiary/aromatic N) is 2. The number of aryl methyl sites for hydroxylation is 3. The SMILES string of the molecule is Cc1cc(C)c(N2CC(C(=O)N3CCC(OCCCN)CC3)CC2=O)c(C)c1. The average molecular weight is 388 g/mol. The summed E-state index contributed by atoms with van der Waals surface area (Å²) in [5.41, 5.74) is 9.85. The molecule has 1 atom stereocenters. The highest BCUT2D eigenvalue weighted by molar-refractivity contribution is 6.01. The molecular weight excluding hydrogens is 354 g/mol. The number of rotatable bonds is 6. The Morgan fingerprint density at radius 3 is 2.43 bits per heavy atom. The van der Waals surface area contributed by atoms with Crippen LogP contribution in [0.25, 0.3) is 0 Å². The molecule has 2 saturated heterocycles. The van der Waals surface area contributed by atoms with Crippen molar-refractivity contribution in [3.63, 3.8) is 0 Å². The standard InChI is InChI=1S/C22H33N3O3/c1-15-11-16(2)21(17(3)12-15)25-14-18(13-20(25)26)22(27)24-8-5-19(6-9-24)28-10-4-7-23/h11-12,18-19H,4-10,13-14,23H2,1-3H3. The Labute approximate surface area is 168 Å². The van der Waals surface area contributed by atoms with Gasteiger partial charge in [0.1, 0.15) is 0 Å². The number of anilines is 1. The fourth-order valence-electron chi connectivity index (χ4n) is 4.52. The number of piperidine rings is 1. The molecule has 2 fully saturated rings. The molecule has 0 bridgehead atoms. The molecule has 154 valence electrons. The van der Waals surface area contributed by atoms with Gasteiger partial charge in [-0.05, 0) is 57.7 Å². The van der Waals surface area contributed by atoms with Crippen LogP contribution >= 0.6 is 0 Å². The van der Waals surface area contributed by atoms with Gasteiger partial charge < -0.3 is 20.3 Å². The van der Waals surface area contributed by atoms with E-state index in [0.29, 0.717) is 39.2 Å². The highest BCUT2D eigenvalue weighted by Gasteiger charge is 2.39. The first-order chi connectivity index (χ1) is 13.4. The minimum Gasteiger partial charge on any atom is -0.378 e. The number of nitrogens with two attached hydrogens (primary N) is 1. The zero-order valence-corrected chi connectivity index (χ0v) is 17.4. The quantitative estimate of drug-likeness (QED) is 0.760. The monoisotopic (exact) mass is 387 g/mol. The zero-order valence-electron chi connectivity index (χ0n) is 17.4. The van der Waals surface area contributed by atoms with Gasteiger partial charge in [-0.3, -0.25) is 9.59 Å². The molecule has 1 unspecified atom stereocenters. The van der Waals surface area contributed by atoms with Crippen LogP contribution in [-0.2, 0) is 14.3 Å². The summed E-state index contributed by atoms with van der Waals surface area (Å²) < 4.78 is 5.82. The number of carbonyl (C=O) groups is 2. The third kappa shape index (κ3) is 4.55. The first-order valence-electron chi connectivity index (χ1n) is 10.4. The van der Waals surface area contributed by atoms with Gasteiger partial charge in [-0.1, -0.05) is 17.7 Å². The van der Waals surface area contributed by atoms with Crippen LogP contribution in [0.4, 0.5) is 5.69 Å². The molecule has 3 rings (SSSR count). The van der Waals surface area contributed by atoms with E-state index in [-0.39, 0.29) is 23.8 Å². The van der Waals surface area contributed by atoms with Gasteiger partial charge in [-0.2, -0.15) is 0 Å². The summed E-state index contributed by atoms with van der Waals surface area (Å²) in [6.07, 6.45) is 3.11. The molecule has 0 aromatic heterocycles. The van der Waals surface area contributed by atoms with Gasteiger partial charge in [0.15, 0.2) is 0 Å². The lowest BCUT2D eigenvalue weighted by Gasteiger charge is -2.33. The number of benzene rings is 1. The molecule has 28 heavy (non-hydrogen) atoms. The van der Waals surface area contributed by atoms with Crippen molar-refractivity contribution in [2.45, 2.75) is 52.6 Å². The van der Waals surface area contributed by atoms with Crippen LogP contribution in [0.1, 0.15) is 42.4 Å². The van der Waals surface area contributed by atoms with Gasteiger partial charge in [0, 0.05) is 38.3 Å². The Morgan fingerprint density at radius 2 is 1.82 bits per heavy atom. The summed E-state index contributed by atoms with van der Waals surface area (Å²) in [5, 5.41) is 0. The first-order valence-corrected chi connectivity index (χ1v) is 10.4. The van der Waals surface area contributed by atoms with E-state index in [1.54, 1.807) is 0 Å². The van der Waals surface area contributed by atoms with Crippen molar-refractivity contribution in [3.05, 3.63) is 28.8 Å². The van der Waals surface area contributed by atoms with Gasteiger partial charge in [-0.25, -0.2) is 0 Å². The number of hydrogen-bond acceptors (Lipinski definition) is 4. The van der Waals surface area contributed by atoms with Gasteiger partial charge in [0.25, 0.3) is 0 Å². The van der Waals surface area contributed by atoms with Crippen LogP contribution in [0.3, 0.4) is 0 Å². The zero-order chi connectivity index (χ0) is 20.3. The molecule has 2 aliphatic rings. The lowest BCUT2D eigenvalue weighted by atomic mass is 10.0. The lowest BCUT2D eigenvalue weighted by Crippen LogP contribution is -2.44. The minimum absolute atomic E-state index is 0.0495. The van der Waals surface area contributed by atoms with E-state index in [1.165, 1.54) is 5.56 Å². The van der Waals surface area contributed by atoms with Crippen LogP contribution in [0, 0.1) is 26.7 Å². The first kappa shape index (κ1) is 20.8. The number of carbonyl (C=O) groups excluding carboxylic acids is 2. The highest BCUT2D eigenvalue weighted by atomic mass is 16.5. The molecule has 0 saturated carbocycles. The summed E-state index contributed by atoms with van der Waals surface area (Å²) in [7, 11) is 0. The molecule has 2 heterocycles. The molecule has 2 aliphatic heterocycles. The number of amides is 2. The molecule has 1 aromatic rings. The Hall–Kier alpha value is -1.92. The predicted molar refractivity (Wildman–Crippen MR) is 110 cm³/mol. The van der Waals surface area contributed by atoms with E-state index in [1.807, 2.05) is 23.6 Å². The van der Waals surface area contributed by atoms with Crippen LogP contribution in [0.2, 0.25) is 0 Å². The molecule has 1 aromatic carbocycles. The van der Waals surface area contributed by atoms with Crippen molar-refractivity contribution < 1.29 is 14.3 Å². The van der Waals surface area contributed by atoms with Gasteiger partial charge in [0.05, 0.1) is 12.0 Å². The number of hydrogen-bond donors (Lipinski definition) is 1. The largest absolute Gasteiger partial charge is 0.378 e. The van der Waals surface area contributed by atoms with E-state index in [0.717, 1.165) is 36.1 Å². The molecule has 2 N–H and O–H groups in total. The molecule has 0 spiro atoms. The second-order valence-electron chi connectivity index (χ2n) is 8.19. The van der Waals surface area contributed by atoms with E-state index in [9.17, 15) is 9.59 Å². The predicted octanol–water partition coefficient (Wildman–Crippen LogP) is 2.32. The topological polar surface area (TPSA) is 75.9 Å². The fraction of sp³-hybridized carbons (Fsp3) is 0.636. The minimum atomic E-state index is -0.248. The van der Waals surface area contributed by atoms with E-state index in [4.69, 9.17) is 10.5 Å². The van der Waals surface area contributed by atoms with E-state index >= 15 is 0 Å². The Kier molecular flexibility index (Phi) is 6.73. The molecule has 0 aliphatic carbocycles. The summed E-state index contributed by atoms with van der Waals surface area (Å²) >= 11 is 0. The van der Waals surface area contributed by atoms with Crippen molar-refractivity contribution in [2.24, 2.45) is 11.7 Å². The Morgan fingerprint density at radius 1 is 1.18 bits per heavy atom. The smallest absolute Gasteiger partial charge is 0.228 e. The Balaban J connectivity index is 1.59. The second-order valence-corrected chi connectivity index (χ2v) is 8.19. The average Bonchev–Trinajstić information content (AvgIpc) is 3.02. The number of likely N-dealkylation sites (tertiary alicyclic amines) is 1. The molecule has 2 amide bonds. The van der Waals surface area contributed by atoms with Crippen LogP contribution in [0.5, 0.6) is 0 Å². The summed E-state index contributed by atoms with van der Waals surface area (Å²) in [4.78, 5) is 29.4. The molecular formula is C22H33N3O3.